The number of rotatable bonds is 4. The molecule has 0 fully saturated rings. The van der Waals surface area contributed by atoms with Crippen molar-refractivity contribution in [3.63, 3.8) is 0 Å². The van der Waals surface area contributed by atoms with Crippen LogP contribution in [0.25, 0.3) is 0 Å². The quantitative estimate of drug-likeness (QED) is 0.741. The van der Waals surface area contributed by atoms with Crippen molar-refractivity contribution in [1.29, 1.82) is 0 Å². The van der Waals surface area contributed by atoms with Crippen LogP contribution in [-0.4, -0.2) is 17.1 Å². The Morgan fingerprint density at radius 2 is 2.07 bits per heavy atom. The predicted molar refractivity (Wildman–Crippen MR) is 60.3 cm³/mol. The second-order valence-electron chi connectivity index (χ2n) is 4.60. The fourth-order valence-corrected chi connectivity index (χ4v) is 1.28. The molecule has 1 aromatic heterocycles. The van der Waals surface area contributed by atoms with Gasteiger partial charge in [0.2, 0.25) is 0 Å². The molecule has 0 aromatic carbocycles. The van der Waals surface area contributed by atoms with E-state index < -0.39 is 0 Å². The summed E-state index contributed by atoms with van der Waals surface area (Å²) in [5.74, 6) is 0. The Bertz CT molecular complexity index is 249. The Kier molecular flexibility index (Phi) is 4.08. The first kappa shape index (κ1) is 11.2. The van der Waals surface area contributed by atoms with E-state index in [1.54, 1.807) is 0 Å². The first-order chi connectivity index (χ1) is 6.58. The molecular weight excluding hydrogens is 172 g/mol. The van der Waals surface area contributed by atoms with E-state index in [1.807, 2.05) is 18.3 Å². The summed E-state index contributed by atoms with van der Waals surface area (Å²) in [6.45, 7) is 7.62. The highest BCUT2D eigenvalue weighted by atomic mass is 14.9. The lowest BCUT2D eigenvalue weighted by molar-refractivity contribution is 0.422. The van der Waals surface area contributed by atoms with Crippen molar-refractivity contribution < 1.29 is 0 Å². The zero-order chi connectivity index (χ0) is 10.4. The Balaban J connectivity index is 2.17. The van der Waals surface area contributed by atoms with Gasteiger partial charge in [0.05, 0.1) is 0 Å². The van der Waals surface area contributed by atoms with E-state index in [-0.39, 0.29) is 5.54 Å². The van der Waals surface area contributed by atoms with Crippen molar-refractivity contribution in [2.75, 3.05) is 6.54 Å². The van der Waals surface area contributed by atoms with Crippen LogP contribution in [0.2, 0.25) is 0 Å². The van der Waals surface area contributed by atoms with Gasteiger partial charge in [-0.15, -0.1) is 0 Å². The van der Waals surface area contributed by atoms with Crippen LogP contribution in [0, 0.1) is 0 Å². The molecular formula is C12H20N2. The molecule has 0 spiro atoms. The van der Waals surface area contributed by atoms with E-state index in [9.17, 15) is 0 Å². The lowest BCUT2D eigenvalue weighted by Crippen LogP contribution is -2.36. The number of nitrogens with one attached hydrogen (secondary N) is 1. The van der Waals surface area contributed by atoms with Crippen LogP contribution >= 0.6 is 0 Å². The summed E-state index contributed by atoms with van der Waals surface area (Å²) in [6.07, 6.45) is 4.06. The van der Waals surface area contributed by atoms with Gasteiger partial charge in [-0.1, -0.05) is 6.07 Å². The largest absolute Gasteiger partial charge is 0.312 e. The average molecular weight is 192 g/mol. The highest BCUT2D eigenvalue weighted by Crippen LogP contribution is 2.01. The fraction of sp³-hybridized carbons (Fsp3) is 0.583. The third kappa shape index (κ3) is 4.97. The molecule has 0 amide bonds. The van der Waals surface area contributed by atoms with E-state index in [0.29, 0.717) is 0 Å². The summed E-state index contributed by atoms with van der Waals surface area (Å²) in [6, 6.07) is 6.08. The topological polar surface area (TPSA) is 24.9 Å². The minimum absolute atomic E-state index is 0.226. The summed E-state index contributed by atoms with van der Waals surface area (Å²) in [4.78, 5) is 4.28. The molecule has 1 rings (SSSR count). The number of aryl methyl sites for hydroxylation is 1. The molecule has 0 aliphatic carbocycles. The molecule has 0 radical (unpaired) electrons. The van der Waals surface area contributed by atoms with Gasteiger partial charge in [-0.05, 0) is 52.3 Å². The minimum Gasteiger partial charge on any atom is -0.312 e. The second-order valence-corrected chi connectivity index (χ2v) is 4.60. The van der Waals surface area contributed by atoms with Crippen LogP contribution in [0.5, 0.6) is 0 Å². The van der Waals surface area contributed by atoms with Gasteiger partial charge in [-0.25, -0.2) is 0 Å². The van der Waals surface area contributed by atoms with Gasteiger partial charge in [-0.2, -0.15) is 0 Å². The second kappa shape index (κ2) is 5.11. The van der Waals surface area contributed by atoms with E-state index in [4.69, 9.17) is 0 Å². The minimum atomic E-state index is 0.226. The summed E-state index contributed by atoms with van der Waals surface area (Å²) in [5, 5.41) is 3.46. The van der Waals surface area contributed by atoms with Crippen LogP contribution in [0.3, 0.4) is 0 Å². The maximum atomic E-state index is 4.28. The highest BCUT2D eigenvalue weighted by Gasteiger charge is 2.06. The number of hydrogen-bond donors (Lipinski definition) is 1. The molecule has 14 heavy (non-hydrogen) atoms. The highest BCUT2D eigenvalue weighted by molar-refractivity contribution is 5.03. The molecule has 2 nitrogen and oxygen atoms in total. The van der Waals surface area contributed by atoms with Gasteiger partial charge in [0.1, 0.15) is 0 Å². The van der Waals surface area contributed by atoms with Crippen molar-refractivity contribution in [1.82, 2.24) is 10.3 Å². The average Bonchev–Trinajstić information content (AvgIpc) is 2.13. The monoisotopic (exact) mass is 192 g/mol. The maximum absolute atomic E-state index is 4.28. The van der Waals surface area contributed by atoms with Gasteiger partial charge in [-0.3, -0.25) is 4.98 Å². The van der Waals surface area contributed by atoms with Crippen LogP contribution in [0.15, 0.2) is 24.4 Å². The molecule has 0 saturated heterocycles. The molecule has 1 N–H and O–H groups in total. The lowest BCUT2D eigenvalue weighted by Gasteiger charge is -2.20. The Hall–Kier alpha value is -0.890. The molecule has 78 valence electrons. The van der Waals surface area contributed by atoms with E-state index in [0.717, 1.165) is 19.4 Å². The molecule has 2 heteroatoms. The number of pyridine rings is 1. The summed E-state index contributed by atoms with van der Waals surface area (Å²) in [5.41, 5.74) is 1.41. The third-order valence-corrected chi connectivity index (χ3v) is 1.99. The summed E-state index contributed by atoms with van der Waals surface area (Å²) < 4.78 is 0. The maximum Gasteiger partial charge on any atom is 0.0404 e. The van der Waals surface area contributed by atoms with Crippen molar-refractivity contribution in [2.24, 2.45) is 0 Å². The molecule has 0 aliphatic rings. The molecule has 0 aliphatic heterocycles. The van der Waals surface area contributed by atoms with Crippen molar-refractivity contribution in [3.8, 4) is 0 Å². The SMILES string of the molecule is CC(C)(C)NCCCc1ccccn1. The smallest absolute Gasteiger partial charge is 0.0404 e. The van der Waals surface area contributed by atoms with Crippen LogP contribution in [0.4, 0.5) is 0 Å². The predicted octanol–water partition coefficient (Wildman–Crippen LogP) is 2.40. The normalized spacial score (nSPS) is 11.6. The Labute approximate surface area is 86.8 Å². The van der Waals surface area contributed by atoms with E-state index in [1.165, 1.54) is 5.69 Å². The van der Waals surface area contributed by atoms with E-state index in [2.05, 4.69) is 37.1 Å². The first-order valence-electron chi connectivity index (χ1n) is 5.23. The van der Waals surface area contributed by atoms with Gasteiger partial charge in [0, 0.05) is 17.4 Å². The van der Waals surface area contributed by atoms with Gasteiger partial charge >= 0.3 is 0 Å². The number of nitrogens with zero attached hydrogens (tertiary/aromatic N) is 1. The molecule has 0 saturated carbocycles. The Morgan fingerprint density at radius 1 is 1.29 bits per heavy atom. The lowest BCUT2D eigenvalue weighted by atomic mass is 10.1. The standard InChI is InChI=1S/C12H20N2/c1-12(2,3)14-10-6-8-11-7-4-5-9-13-11/h4-5,7,9,14H,6,8,10H2,1-3H3. The van der Waals surface area contributed by atoms with Crippen LogP contribution in [0.1, 0.15) is 32.9 Å². The number of aromatic nitrogens is 1. The van der Waals surface area contributed by atoms with Crippen LogP contribution < -0.4 is 5.32 Å². The van der Waals surface area contributed by atoms with Gasteiger partial charge < -0.3 is 5.32 Å². The molecule has 0 unspecified atom stereocenters. The summed E-state index contributed by atoms with van der Waals surface area (Å²) in [7, 11) is 0. The molecule has 1 heterocycles. The molecule has 0 bridgehead atoms. The van der Waals surface area contributed by atoms with Crippen LogP contribution in [-0.2, 0) is 6.42 Å². The Morgan fingerprint density at radius 3 is 2.64 bits per heavy atom. The molecule has 1 aromatic rings. The van der Waals surface area contributed by atoms with Crippen molar-refractivity contribution in [3.05, 3.63) is 30.1 Å². The molecule has 0 atom stereocenters. The van der Waals surface area contributed by atoms with Gasteiger partial charge in [0.15, 0.2) is 0 Å². The zero-order valence-electron chi connectivity index (χ0n) is 9.38. The summed E-state index contributed by atoms with van der Waals surface area (Å²) >= 11 is 0. The third-order valence-electron chi connectivity index (χ3n) is 1.99. The number of hydrogen-bond acceptors (Lipinski definition) is 2. The first-order valence-corrected chi connectivity index (χ1v) is 5.23. The van der Waals surface area contributed by atoms with Crippen molar-refractivity contribution >= 4 is 0 Å². The van der Waals surface area contributed by atoms with E-state index >= 15 is 0 Å². The zero-order valence-corrected chi connectivity index (χ0v) is 9.38. The van der Waals surface area contributed by atoms with Crippen molar-refractivity contribution in [2.45, 2.75) is 39.2 Å². The fourth-order valence-electron chi connectivity index (χ4n) is 1.28. The van der Waals surface area contributed by atoms with Gasteiger partial charge in [0.25, 0.3) is 0 Å².